The molecule has 3 rings (SSSR count). The molecule has 2 aromatic rings. The van der Waals surface area contributed by atoms with Crippen molar-refractivity contribution in [3.63, 3.8) is 0 Å². The Morgan fingerprint density at radius 1 is 1.42 bits per heavy atom. The summed E-state index contributed by atoms with van der Waals surface area (Å²) in [6, 6.07) is 4.08. The van der Waals surface area contributed by atoms with Crippen molar-refractivity contribution in [3.05, 3.63) is 29.8 Å². The first-order valence-electron chi connectivity index (χ1n) is 6.18. The Bertz CT molecular complexity index is 579. The Morgan fingerprint density at radius 2 is 2.32 bits per heavy atom. The molecular weight excluding hydrogens is 249 g/mol. The van der Waals surface area contributed by atoms with Crippen molar-refractivity contribution in [2.24, 2.45) is 5.92 Å². The van der Waals surface area contributed by atoms with Crippen LogP contribution in [-0.4, -0.2) is 23.4 Å². The van der Waals surface area contributed by atoms with E-state index in [2.05, 4.69) is 10.1 Å². The quantitative estimate of drug-likeness (QED) is 0.858. The van der Waals surface area contributed by atoms with E-state index in [1.807, 2.05) is 0 Å². The standard InChI is InChI=1S/C13H14FN3O2/c14-9-1-2-11(15)10(6-9)13-16-12(17-19-13)5-8-3-4-18-7-8/h1-2,6,8H,3-5,7,15H2. The van der Waals surface area contributed by atoms with Crippen LogP contribution in [0.25, 0.3) is 11.5 Å². The molecule has 1 aromatic carbocycles. The first-order chi connectivity index (χ1) is 9.22. The maximum absolute atomic E-state index is 13.2. The topological polar surface area (TPSA) is 74.2 Å². The van der Waals surface area contributed by atoms with Crippen LogP contribution in [0.4, 0.5) is 10.1 Å². The lowest BCUT2D eigenvalue weighted by Gasteiger charge is -2.01. The zero-order valence-corrected chi connectivity index (χ0v) is 10.3. The molecule has 1 aliphatic heterocycles. The van der Waals surface area contributed by atoms with Crippen molar-refractivity contribution in [1.29, 1.82) is 0 Å². The molecule has 1 unspecified atom stereocenters. The molecule has 2 N–H and O–H groups in total. The molecule has 0 amide bonds. The predicted molar refractivity (Wildman–Crippen MR) is 66.7 cm³/mol. The van der Waals surface area contributed by atoms with Crippen LogP contribution in [0.1, 0.15) is 12.2 Å². The number of halogens is 1. The molecule has 0 radical (unpaired) electrons. The van der Waals surface area contributed by atoms with E-state index in [1.165, 1.54) is 18.2 Å². The summed E-state index contributed by atoms with van der Waals surface area (Å²) in [4.78, 5) is 4.27. The Labute approximate surface area is 109 Å². The fourth-order valence-corrected chi connectivity index (χ4v) is 2.16. The van der Waals surface area contributed by atoms with Crippen LogP contribution in [0.2, 0.25) is 0 Å². The molecule has 2 heterocycles. The van der Waals surface area contributed by atoms with E-state index in [-0.39, 0.29) is 11.7 Å². The average molecular weight is 263 g/mol. The van der Waals surface area contributed by atoms with E-state index >= 15 is 0 Å². The summed E-state index contributed by atoms with van der Waals surface area (Å²) in [6.45, 7) is 1.51. The second-order valence-electron chi connectivity index (χ2n) is 4.68. The van der Waals surface area contributed by atoms with Gasteiger partial charge in [-0.05, 0) is 30.5 Å². The van der Waals surface area contributed by atoms with E-state index in [9.17, 15) is 4.39 Å². The predicted octanol–water partition coefficient (Wildman–Crippen LogP) is 2.04. The molecule has 0 spiro atoms. The molecule has 6 heteroatoms. The van der Waals surface area contributed by atoms with Gasteiger partial charge in [-0.2, -0.15) is 4.98 Å². The molecular formula is C13H14FN3O2. The number of ether oxygens (including phenoxy) is 1. The summed E-state index contributed by atoms with van der Waals surface area (Å²) in [5.41, 5.74) is 6.63. The summed E-state index contributed by atoms with van der Waals surface area (Å²) < 4.78 is 23.7. The molecule has 100 valence electrons. The molecule has 0 aliphatic carbocycles. The van der Waals surface area contributed by atoms with Gasteiger partial charge in [0.15, 0.2) is 5.82 Å². The van der Waals surface area contributed by atoms with Crippen LogP contribution in [0.5, 0.6) is 0 Å². The number of aromatic nitrogens is 2. The van der Waals surface area contributed by atoms with Crippen LogP contribution in [0.15, 0.2) is 22.7 Å². The largest absolute Gasteiger partial charge is 0.398 e. The molecule has 1 atom stereocenters. The van der Waals surface area contributed by atoms with Crippen LogP contribution in [0, 0.1) is 11.7 Å². The van der Waals surface area contributed by atoms with E-state index in [4.69, 9.17) is 15.0 Å². The minimum Gasteiger partial charge on any atom is -0.398 e. The van der Waals surface area contributed by atoms with Crippen molar-refractivity contribution < 1.29 is 13.7 Å². The monoisotopic (exact) mass is 263 g/mol. The minimum atomic E-state index is -0.381. The van der Waals surface area contributed by atoms with Crippen LogP contribution < -0.4 is 5.73 Å². The fourth-order valence-electron chi connectivity index (χ4n) is 2.16. The second kappa shape index (κ2) is 4.97. The smallest absolute Gasteiger partial charge is 0.260 e. The fraction of sp³-hybridized carbons (Fsp3) is 0.385. The van der Waals surface area contributed by atoms with Crippen molar-refractivity contribution in [2.45, 2.75) is 12.8 Å². The van der Waals surface area contributed by atoms with Gasteiger partial charge in [0.25, 0.3) is 5.89 Å². The third-order valence-electron chi connectivity index (χ3n) is 3.21. The highest BCUT2D eigenvalue weighted by atomic mass is 19.1. The normalized spacial score (nSPS) is 18.9. The molecule has 0 saturated carbocycles. The summed E-state index contributed by atoms with van der Waals surface area (Å²) in [7, 11) is 0. The molecule has 19 heavy (non-hydrogen) atoms. The van der Waals surface area contributed by atoms with Crippen molar-refractivity contribution in [1.82, 2.24) is 10.1 Å². The lowest BCUT2D eigenvalue weighted by atomic mass is 10.1. The van der Waals surface area contributed by atoms with E-state index in [0.717, 1.165) is 19.6 Å². The van der Waals surface area contributed by atoms with E-state index in [0.29, 0.717) is 29.4 Å². The number of benzene rings is 1. The van der Waals surface area contributed by atoms with Crippen LogP contribution >= 0.6 is 0 Å². The van der Waals surface area contributed by atoms with E-state index in [1.54, 1.807) is 0 Å². The minimum absolute atomic E-state index is 0.255. The zero-order chi connectivity index (χ0) is 13.2. The van der Waals surface area contributed by atoms with Gasteiger partial charge in [0.2, 0.25) is 0 Å². The Balaban J connectivity index is 1.82. The lowest BCUT2D eigenvalue weighted by molar-refractivity contribution is 0.185. The Morgan fingerprint density at radius 3 is 3.11 bits per heavy atom. The van der Waals surface area contributed by atoms with Gasteiger partial charge < -0.3 is 15.0 Å². The molecule has 1 fully saturated rings. The lowest BCUT2D eigenvalue weighted by Crippen LogP contribution is -2.04. The van der Waals surface area contributed by atoms with Gasteiger partial charge in [0.1, 0.15) is 5.82 Å². The Kier molecular flexibility index (Phi) is 3.16. The SMILES string of the molecule is Nc1ccc(F)cc1-c1nc(CC2CCOC2)no1. The van der Waals surface area contributed by atoms with Gasteiger partial charge in [-0.25, -0.2) is 4.39 Å². The number of hydrogen-bond donors (Lipinski definition) is 1. The van der Waals surface area contributed by atoms with Crippen molar-refractivity contribution in [2.75, 3.05) is 18.9 Å². The molecule has 1 aromatic heterocycles. The summed E-state index contributed by atoms with van der Waals surface area (Å²) >= 11 is 0. The molecule has 1 aliphatic rings. The Hall–Kier alpha value is -1.95. The number of nitrogen functional groups attached to an aromatic ring is 1. The summed E-state index contributed by atoms with van der Waals surface area (Å²) in [5, 5.41) is 3.91. The van der Waals surface area contributed by atoms with E-state index < -0.39 is 0 Å². The van der Waals surface area contributed by atoms with Gasteiger partial charge in [-0.1, -0.05) is 5.16 Å². The number of nitrogens with two attached hydrogens (primary N) is 1. The highest BCUT2D eigenvalue weighted by molar-refractivity contribution is 5.70. The molecule has 1 saturated heterocycles. The van der Waals surface area contributed by atoms with Gasteiger partial charge in [0.05, 0.1) is 5.56 Å². The van der Waals surface area contributed by atoms with Crippen molar-refractivity contribution >= 4 is 5.69 Å². The number of hydrogen-bond acceptors (Lipinski definition) is 5. The number of rotatable bonds is 3. The maximum atomic E-state index is 13.2. The highest BCUT2D eigenvalue weighted by Crippen LogP contribution is 2.26. The number of nitrogens with zero attached hydrogens (tertiary/aromatic N) is 2. The first kappa shape index (κ1) is 12.1. The van der Waals surface area contributed by atoms with Gasteiger partial charge in [-0.3, -0.25) is 0 Å². The van der Waals surface area contributed by atoms with Gasteiger partial charge in [-0.15, -0.1) is 0 Å². The molecule has 0 bridgehead atoms. The third-order valence-corrected chi connectivity index (χ3v) is 3.21. The first-order valence-corrected chi connectivity index (χ1v) is 6.18. The highest BCUT2D eigenvalue weighted by Gasteiger charge is 2.20. The molecule has 5 nitrogen and oxygen atoms in total. The van der Waals surface area contributed by atoms with Crippen LogP contribution in [0.3, 0.4) is 0 Å². The average Bonchev–Trinajstić information content (AvgIpc) is 3.04. The van der Waals surface area contributed by atoms with Crippen molar-refractivity contribution in [3.8, 4) is 11.5 Å². The number of anilines is 1. The summed E-state index contributed by atoms with van der Waals surface area (Å²) in [5.74, 6) is 0.906. The third kappa shape index (κ3) is 2.58. The second-order valence-corrected chi connectivity index (χ2v) is 4.68. The summed E-state index contributed by atoms with van der Waals surface area (Å²) in [6.07, 6.45) is 1.71. The maximum Gasteiger partial charge on any atom is 0.260 e. The van der Waals surface area contributed by atoms with Gasteiger partial charge in [0, 0.05) is 25.3 Å². The zero-order valence-electron chi connectivity index (χ0n) is 10.3. The van der Waals surface area contributed by atoms with Crippen LogP contribution in [-0.2, 0) is 11.2 Å². The van der Waals surface area contributed by atoms with Gasteiger partial charge >= 0.3 is 0 Å².